The van der Waals surface area contributed by atoms with E-state index in [0.29, 0.717) is 6.42 Å². The Labute approximate surface area is 129 Å². The fourth-order valence-corrected chi connectivity index (χ4v) is 2.40. The zero-order valence-electron chi connectivity index (χ0n) is 10.5. The summed E-state index contributed by atoms with van der Waals surface area (Å²) in [6.45, 7) is 0. The van der Waals surface area contributed by atoms with Crippen molar-refractivity contribution in [3.63, 3.8) is 0 Å². The summed E-state index contributed by atoms with van der Waals surface area (Å²) in [5, 5.41) is 21.4. The van der Waals surface area contributed by atoms with Gasteiger partial charge in [0, 0.05) is 12.1 Å². The Kier molecular flexibility index (Phi) is 4.40. The molecule has 108 valence electrons. The molecule has 21 heavy (non-hydrogen) atoms. The minimum atomic E-state index is -0.561. The SMILES string of the molecule is O=[N+]([O-])c1ccc(Cc2ccc([N+](=O)[O-])c(Cl)c2)cc1Cl. The third-order valence-electron chi connectivity index (χ3n) is 2.83. The molecule has 6 nitrogen and oxygen atoms in total. The predicted molar refractivity (Wildman–Crippen MR) is 79.0 cm³/mol. The monoisotopic (exact) mass is 326 g/mol. The van der Waals surface area contributed by atoms with E-state index in [1.807, 2.05) is 0 Å². The smallest absolute Gasteiger partial charge is 0.258 e. The van der Waals surface area contributed by atoms with Crippen molar-refractivity contribution in [2.45, 2.75) is 6.42 Å². The highest BCUT2D eigenvalue weighted by Gasteiger charge is 2.14. The van der Waals surface area contributed by atoms with Gasteiger partial charge >= 0.3 is 0 Å². The maximum Gasteiger partial charge on any atom is 0.287 e. The maximum absolute atomic E-state index is 10.7. The quantitative estimate of drug-likeness (QED) is 0.615. The van der Waals surface area contributed by atoms with E-state index in [2.05, 4.69) is 0 Å². The van der Waals surface area contributed by atoms with Gasteiger partial charge in [0.15, 0.2) is 0 Å². The lowest BCUT2D eigenvalue weighted by Crippen LogP contribution is -1.94. The molecule has 0 fully saturated rings. The van der Waals surface area contributed by atoms with Crippen LogP contribution in [0, 0.1) is 20.2 Å². The van der Waals surface area contributed by atoms with Crippen LogP contribution >= 0.6 is 23.2 Å². The molecule has 0 aliphatic carbocycles. The Morgan fingerprint density at radius 3 is 1.48 bits per heavy atom. The molecule has 2 rings (SSSR count). The van der Waals surface area contributed by atoms with E-state index in [0.717, 1.165) is 11.1 Å². The predicted octanol–water partition coefficient (Wildman–Crippen LogP) is 4.40. The molecular weight excluding hydrogens is 319 g/mol. The molecule has 0 radical (unpaired) electrons. The van der Waals surface area contributed by atoms with Crippen molar-refractivity contribution in [3.05, 3.63) is 77.8 Å². The van der Waals surface area contributed by atoms with Crippen LogP contribution in [0.2, 0.25) is 10.0 Å². The third-order valence-corrected chi connectivity index (χ3v) is 3.43. The standard InChI is InChI=1S/C13H8Cl2N2O4/c14-10-6-8(1-3-12(10)16(18)19)5-9-2-4-13(17(20)21)11(15)7-9/h1-4,6-7H,5H2. The lowest BCUT2D eigenvalue weighted by atomic mass is 10.0. The number of hydrogen-bond acceptors (Lipinski definition) is 4. The summed E-state index contributed by atoms with van der Waals surface area (Å²) in [6.07, 6.45) is 0.412. The topological polar surface area (TPSA) is 86.3 Å². The number of rotatable bonds is 4. The highest BCUT2D eigenvalue weighted by molar-refractivity contribution is 6.33. The van der Waals surface area contributed by atoms with Crippen molar-refractivity contribution in [2.24, 2.45) is 0 Å². The summed E-state index contributed by atoms with van der Waals surface area (Å²) < 4.78 is 0. The van der Waals surface area contributed by atoms with Crippen molar-refractivity contribution in [1.82, 2.24) is 0 Å². The molecule has 8 heteroatoms. The molecule has 0 unspecified atom stereocenters. The second-order valence-corrected chi connectivity index (χ2v) is 5.08. The number of nitrogens with zero attached hydrogens (tertiary/aromatic N) is 2. The number of hydrogen-bond donors (Lipinski definition) is 0. The van der Waals surface area contributed by atoms with Crippen molar-refractivity contribution >= 4 is 34.6 Å². The molecule has 0 spiro atoms. The zero-order valence-corrected chi connectivity index (χ0v) is 12.0. The summed E-state index contributed by atoms with van der Waals surface area (Å²) in [5.41, 5.74) is 1.16. The number of nitro groups is 2. The van der Waals surface area contributed by atoms with Gasteiger partial charge in [0.1, 0.15) is 10.0 Å². The summed E-state index contributed by atoms with van der Waals surface area (Å²) in [6, 6.07) is 8.80. The second-order valence-electron chi connectivity index (χ2n) is 4.26. The van der Waals surface area contributed by atoms with Crippen LogP contribution in [0.3, 0.4) is 0 Å². The minimum Gasteiger partial charge on any atom is -0.258 e. The van der Waals surface area contributed by atoms with Gasteiger partial charge in [-0.3, -0.25) is 20.2 Å². The number of halogens is 2. The van der Waals surface area contributed by atoms with Crippen LogP contribution in [0.4, 0.5) is 11.4 Å². The second kappa shape index (κ2) is 6.07. The van der Waals surface area contributed by atoms with Gasteiger partial charge in [-0.2, -0.15) is 0 Å². The molecule has 0 saturated carbocycles. The Balaban J connectivity index is 2.26. The highest BCUT2D eigenvalue weighted by Crippen LogP contribution is 2.28. The van der Waals surface area contributed by atoms with E-state index in [1.54, 1.807) is 12.1 Å². The maximum atomic E-state index is 10.7. The van der Waals surface area contributed by atoms with Crippen LogP contribution in [0.5, 0.6) is 0 Å². The first-order valence-corrected chi connectivity index (χ1v) is 6.49. The summed E-state index contributed by atoms with van der Waals surface area (Å²) in [5.74, 6) is 0. The molecule has 2 aromatic rings. The van der Waals surface area contributed by atoms with Gasteiger partial charge < -0.3 is 0 Å². The molecule has 0 atom stereocenters. The van der Waals surface area contributed by atoms with Gasteiger partial charge in [-0.15, -0.1) is 0 Å². The first-order valence-electron chi connectivity index (χ1n) is 5.74. The highest BCUT2D eigenvalue weighted by atomic mass is 35.5. The number of benzene rings is 2. The van der Waals surface area contributed by atoms with Crippen LogP contribution in [0.1, 0.15) is 11.1 Å². The van der Waals surface area contributed by atoms with Crippen LogP contribution < -0.4 is 0 Å². The summed E-state index contributed by atoms with van der Waals surface area (Å²) in [4.78, 5) is 20.2. The van der Waals surface area contributed by atoms with Crippen LogP contribution in [0.15, 0.2) is 36.4 Å². The van der Waals surface area contributed by atoms with E-state index in [4.69, 9.17) is 23.2 Å². The van der Waals surface area contributed by atoms with E-state index in [-0.39, 0.29) is 21.4 Å². The third kappa shape index (κ3) is 3.48. The van der Waals surface area contributed by atoms with Gasteiger partial charge in [-0.05, 0) is 29.7 Å². The average Bonchev–Trinajstić information content (AvgIpc) is 2.37. The van der Waals surface area contributed by atoms with E-state index < -0.39 is 9.85 Å². The summed E-state index contributed by atoms with van der Waals surface area (Å²) in [7, 11) is 0. The minimum absolute atomic E-state index is 0.0468. The first-order chi connectivity index (χ1) is 9.88. The van der Waals surface area contributed by atoms with Gasteiger partial charge in [0.2, 0.25) is 0 Å². The fraction of sp³-hybridized carbons (Fsp3) is 0.0769. The van der Waals surface area contributed by atoms with Crippen LogP contribution in [0.25, 0.3) is 0 Å². The Morgan fingerprint density at radius 2 is 1.19 bits per heavy atom. The average molecular weight is 327 g/mol. The van der Waals surface area contributed by atoms with Crippen molar-refractivity contribution < 1.29 is 9.85 Å². The van der Waals surface area contributed by atoms with Gasteiger partial charge in [-0.25, -0.2) is 0 Å². The largest absolute Gasteiger partial charge is 0.287 e. The molecule has 0 heterocycles. The van der Waals surface area contributed by atoms with Crippen LogP contribution in [-0.2, 0) is 6.42 Å². The van der Waals surface area contributed by atoms with Gasteiger partial charge in [-0.1, -0.05) is 35.3 Å². The summed E-state index contributed by atoms with van der Waals surface area (Å²) >= 11 is 11.7. The molecule has 0 aliphatic rings. The fourth-order valence-electron chi connectivity index (χ4n) is 1.85. The molecule has 2 aromatic carbocycles. The van der Waals surface area contributed by atoms with Crippen LogP contribution in [-0.4, -0.2) is 9.85 Å². The number of nitro benzene ring substituents is 2. The molecule has 0 bridgehead atoms. The van der Waals surface area contributed by atoms with Gasteiger partial charge in [0.05, 0.1) is 9.85 Å². The lowest BCUT2D eigenvalue weighted by Gasteiger charge is -2.04. The zero-order chi connectivity index (χ0) is 15.6. The molecule has 0 saturated heterocycles. The molecular formula is C13H8Cl2N2O4. The molecule has 0 aliphatic heterocycles. The molecule has 0 N–H and O–H groups in total. The van der Waals surface area contributed by atoms with Crippen molar-refractivity contribution in [3.8, 4) is 0 Å². The van der Waals surface area contributed by atoms with E-state index in [9.17, 15) is 20.2 Å². The van der Waals surface area contributed by atoms with E-state index >= 15 is 0 Å². The van der Waals surface area contributed by atoms with Crippen molar-refractivity contribution in [1.29, 1.82) is 0 Å². The Bertz CT molecular complexity index is 673. The van der Waals surface area contributed by atoms with Gasteiger partial charge in [0.25, 0.3) is 11.4 Å². The van der Waals surface area contributed by atoms with E-state index in [1.165, 1.54) is 24.3 Å². The lowest BCUT2D eigenvalue weighted by molar-refractivity contribution is -0.384. The Hall–Kier alpha value is -2.18. The normalized spacial score (nSPS) is 10.4. The van der Waals surface area contributed by atoms with Crippen molar-refractivity contribution in [2.75, 3.05) is 0 Å². The molecule has 0 amide bonds. The first kappa shape index (κ1) is 15.2. The molecule has 0 aromatic heterocycles. The Morgan fingerprint density at radius 1 is 0.810 bits per heavy atom.